The number of fused-ring (bicyclic) bond motifs is 6. The second kappa shape index (κ2) is 7.29. The molecule has 0 amide bonds. The fourth-order valence-electron chi connectivity index (χ4n) is 8.83. The summed E-state index contributed by atoms with van der Waals surface area (Å²) in [6.07, 6.45) is 11.7. The molecule has 4 heteroatoms. The second-order valence-corrected chi connectivity index (χ2v) is 12.7. The van der Waals surface area contributed by atoms with Crippen LogP contribution >= 0.6 is 15.9 Å². The van der Waals surface area contributed by atoms with Crippen LogP contribution < -0.4 is 0 Å². The molecule has 0 radical (unpaired) electrons. The number of ketones is 1. The number of aromatic amines is 1. The van der Waals surface area contributed by atoms with Crippen LogP contribution in [0.4, 0.5) is 0 Å². The largest absolute Gasteiger partial charge is 0.342 e. The standard InChI is InChI=1S/C28H35BrN2O/c1-16(26-30-24-9-5-18(29)15-25(24)31-26)21-7-8-22-20-6-4-17-14-19(32)10-12-27(17,2)23(20)11-13-28(21,22)3/h5,9,14-16,20-23H,4,6-8,10-13H2,1-3H3,(H,30,31)/t16-,20-,21+,22-,23-,27-,28+/m0/s1. The van der Waals surface area contributed by atoms with Crippen molar-refractivity contribution in [1.82, 2.24) is 9.97 Å². The predicted octanol–water partition coefficient (Wildman–Crippen LogP) is 7.58. The van der Waals surface area contributed by atoms with E-state index in [0.717, 1.165) is 52.5 Å². The molecule has 1 heterocycles. The van der Waals surface area contributed by atoms with E-state index in [1.807, 2.05) is 6.08 Å². The van der Waals surface area contributed by atoms with Gasteiger partial charge in [0.05, 0.1) is 11.0 Å². The van der Waals surface area contributed by atoms with E-state index in [4.69, 9.17) is 4.98 Å². The van der Waals surface area contributed by atoms with Crippen LogP contribution in [0.15, 0.2) is 34.3 Å². The molecule has 6 rings (SSSR count). The maximum absolute atomic E-state index is 12.1. The SMILES string of the molecule is C[C@H](c1nc2ccc(Br)cc2[nH]1)[C@H]1CC[C@H]2[C@@H]3CCC4=CC(=O)CC[C@]4(C)[C@H]3CC[C@]12C. The second-order valence-electron chi connectivity index (χ2n) is 11.8. The highest BCUT2D eigenvalue weighted by Crippen LogP contribution is 2.68. The zero-order chi connectivity index (χ0) is 22.3. The summed E-state index contributed by atoms with van der Waals surface area (Å²) < 4.78 is 1.10. The molecule has 0 spiro atoms. The normalized spacial score (nSPS) is 39.9. The molecule has 1 aromatic heterocycles. The molecule has 0 saturated heterocycles. The molecule has 4 aliphatic rings. The molecule has 3 saturated carbocycles. The molecule has 0 bridgehead atoms. The van der Waals surface area contributed by atoms with Gasteiger partial charge in [0.1, 0.15) is 5.82 Å². The van der Waals surface area contributed by atoms with E-state index in [2.05, 4.69) is 59.9 Å². The lowest BCUT2D eigenvalue weighted by atomic mass is 9.46. The summed E-state index contributed by atoms with van der Waals surface area (Å²) in [7, 11) is 0. The first-order chi connectivity index (χ1) is 15.3. The van der Waals surface area contributed by atoms with Gasteiger partial charge in [0, 0.05) is 16.8 Å². The van der Waals surface area contributed by atoms with Gasteiger partial charge in [-0.3, -0.25) is 4.79 Å². The van der Waals surface area contributed by atoms with E-state index in [1.165, 1.54) is 43.5 Å². The first-order valence-electron chi connectivity index (χ1n) is 12.7. The number of benzene rings is 1. The summed E-state index contributed by atoms with van der Waals surface area (Å²) in [4.78, 5) is 20.8. The van der Waals surface area contributed by atoms with Crippen molar-refractivity contribution in [3.63, 3.8) is 0 Å². The Kier molecular flexibility index (Phi) is 4.81. The monoisotopic (exact) mass is 494 g/mol. The van der Waals surface area contributed by atoms with E-state index in [-0.39, 0.29) is 5.41 Å². The number of carbonyl (C=O) groups excluding carboxylic acids is 1. The topological polar surface area (TPSA) is 45.8 Å². The number of hydrogen-bond donors (Lipinski definition) is 1. The molecule has 1 N–H and O–H groups in total. The summed E-state index contributed by atoms with van der Waals surface area (Å²) >= 11 is 3.59. The van der Waals surface area contributed by atoms with Gasteiger partial charge in [-0.25, -0.2) is 4.98 Å². The number of allylic oxidation sites excluding steroid dienone is 1. The molecular formula is C28H35BrN2O. The van der Waals surface area contributed by atoms with Gasteiger partial charge in [-0.2, -0.15) is 0 Å². The molecule has 0 aliphatic heterocycles. The molecule has 3 fully saturated rings. The maximum atomic E-state index is 12.1. The number of aromatic nitrogens is 2. The van der Waals surface area contributed by atoms with Crippen molar-refractivity contribution in [2.24, 2.45) is 34.5 Å². The molecular weight excluding hydrogens is 460 g/mol. The van der Waals surface area contributed by atoms with Gasteiger partial charge >= 0.3 is 0 Å². The van der Waals surface area contributed by atoms with Crippen LogP contribution in [-0.2, 0) is 4.79 Å². The van der Waals surface area contributed by atoms with Crippen LogP contribution in [0, 0.1) is 34.5 Å². The van der Waals surface area contributed by atoms with Gasteiger partial charge in [0.2, 0.25) is 0 Å². The van der Waals surface area contributed by atoms with Gasteiger partial charge in [-0.1, -0.05) is 42.3 Å². The highest BCUT2D eigenvalue weighted by Gasteiger charge is 2.59. The van der Waals surface area contributed by atoms with E-state index in [9.17, 15) is 4.79 Å². The van der Waals surface area contributed by atoms with Crippen molar-refractivity contribution in [1.29, 1.82) is 0 Å². The summed E-state index contributed by atoms with van der Waals surface area (Å²) in [6.45, 7) is 7.51. The average molecular weight is 496 g/mol. The Morgan fingerprint density at radius 3 is 2.78 bits per heavy atom. The first kappa shape index (κ1) is 21.1. The van der Waals surface area contributed by atoms with Crippen LogP contribution in [0.1, 0.15) is 83.9 Å². The van der Waals surface area contributed by atoms with Crippen LogP contribution in [0.25, 0.3) is 11.0 Å². The van der Waals surface area contributed by atoms with Gasteiger partial charge in [-0.15, -0.1) is 0 Å². The van der Waals surface area contributed by atoms with E-state index in [1.54, 1.807) is 0 Å². The molecule has 32 heavy (non-hydrogen) atoms. The number of halogens is 1. The Morgan fingerprint density at radius 1 is 1.09 bits per heavy atom. The highest BCUT2D eigenvalue weighted by molar-refractivity contribution is 9.10. The minimum absolute atomic E-state index is 0.272. The summed E-state index contributed by atoms with van der Waals surface area (Å²) in [5, 5.41) is 0. The molecule has 2 aromatic rings. The van der Waals surface area contributed by atoms with Crippen molar-refractivity contribution >= 4 is 32.7 Å². The quantitative estimate of drug-likeness (QED) is 0.467. The number of hydrogen-bond acceptors (Lipinski definition) is 2. The Hall–Kier alpha value is -1.42. The molecule has 4 aliphatic carbocycles. The molecule has 0 unspecified atom stereocenters. The molecule has 7 atom stereocenters. The third kappa shape index (κ3) is 2.97. The molecule has 1 aromatic carbocycles. The predicted molar refractivity (Wildman–Crippen MR) is 132 cm³/mol. The first-order valence-corrected chi connectivity index (χ1v) is 13.5. The number of imidazole rings is 1. The lowest BCUT2D eigenvalue weighted by molar-refractivity contribution is -0.117. The number of carbonyl (C=O) groups is 1. The maximum Gasteiger partial charge on any atom is 0.155 e. The van der Waals surface area contributed by atoms with Crippen molar-refractivity contribution in [2.45, 2.75) is 78.1 Å². The van der Waals surface area contributed by atoms with Gasteiger partial charge in [0.25, 0.3) is 0 Å². The van der Waals surface area contributed by atoms with Gasteiger partial charge in [0.15, 0.2) is 5.78 Å². The van der Waals surface area contributed by atoms with Crippen LogP contribution in [0.5, 0.6) is 0 Å². The Balaban J connectivity index is 1.29. The minimum atomic E-state index is 0.272. The summed E-state index contributed by atoms with van der Waals surface area (Å²) in [6, 6.07) is 6.34. The Morgan fingerprint density at radius 2 is 1.94 bits per heavy atom. The zero-order valence-corrected chi connectivity index (χ0v) is 21.2. The van der Waals surface area contributed by atoms with Gasteiger partial charge < -0.3 is 4.98 Å². The Bertz CT molecular complexity index is 1120. The fraction of sp³-hybridized carbons (Fsp3) is 0.643. The lowest BCUT2D eigenvalue weighted by Gasteiger charge is -2.58. The Labute approximate surface area is 200 Å². The van der Waals surface area contributed by atoms with Crippen molar-refractivity contribution < 1.29 is 4.79 Å². The smallest absolute Gasteiger partial charge is 0.155 e. The van der Waals surface area contributed by atoms with Crippen molar-refractivity contribution in [2.75, 3.05) is 0 Å². The van der Waals surface area contributed by atoms with Gasteiger partial charge in [-0.05, 0) is 104 Å². The van der Waals surface area contributed by atoms with E-state index in [0.29, 0.717) is 23.0 Å². The van der Waals surface area contributed by atoms with Crippen LogP contribution in [0.3, 0.4) is 0 Å². The average Bonchev–Trinajstić information content (AvgIpc) is 3.34. The highest BCUT2D eigenvalue weighted by atomic mass is 79.9. The summed E-state index contributed by atoms with van der Waals surface area (Å²) in [5.74, 6) is 5.09. The van der Waals surface area contributed by atoms with Crippen LogP contribution in [0.2, 0.25) is 0 Å². The number of H-pyrrole nitrogens is 1. The third-order valence-electron chi connectivity index (χ3n) is 10.5. The number of rotatable bonds is 2. The number of nitrogens with zero attached hydrogens (tertiary/aromatic N) is 1. The van der Waals surface area contributed by atoms with E-state index < -0.39 is 0 Å². The fourth-order valence-corrected chi connectivity index (χ4v) is 9.19. The van der Waals surface area contributed by atoms with Crippen LogP contribution in [-0.4, -0.2) is 15.8 Å². The van der Waals surface area contributed by atoms with E-state index >= 15 is 0 Å². The minimum Gasteiger partial charge on any atom is -0.342 e. The lowest BCUT2D eigenvalue weighted by Crippen LogP contribution is -2.50. The summed E-state index contributed by atoms with van der Waals surface area (Å²) in [5.41, 5.74) is 4.37. The molecule has 3 nitrogen and oxygen atoms in total. The molecule has 170 valence electrons. The third-order valence-corrected chi connectivity index (χ3v) is 11.0. The number of nitrogens with one attached hydrogen (secondary N) is 1. The van der Waals surface area contributed by atoms with Crippen molar-refractivity contribution in [3.8, 4) is 0 Å². The zero-order valence-electron chi connectivity index (χ0n) is 19.6. The van der Waals surface area contributed by atoms with Crippen molar-refractivity contribution in [3.05, 3.63) is 40.1 Å².